The molecule has 0 saturated heterocycles. The van der Waals surface area contributed by atoms with Gasteiger partial charge in [-0.2, -0.15) is 0 Å². The number of hydrazine groups is 1. The predicted molar refractivity (Wildman–Crippen MR) is 102 cm³/mol. The third-order valence-electron chi connectivity index (χ3n) is 3.47. The zero-order valence-electron chi connectivity index (χ0n) is 15.5. The number of methoxy groups -OCH3 is 1. The quantitative estimate of drug-likeness (QED) is 0.335. The Balaban J connectivity index is 1.88. The van der Waals surface area contributed by atoms with Crippen LogP contribution < -0.4 is 26.2 Å². The van der Waals surface area contributed by atoms with Crippen molar-refractivity contribution in [1.82, 2.24) is 10.9 Å². The number of hydrogen-bond acceptors (Lipinski definition) is 5. The summed E-state index contributed by atoms with van der Waals surface area (Å²) in [5, 5.41) is 4.60. The molecule has 0 bridgehead atoms. The minimum absolute atomic E-state index is 0.156. The van der Waals surface area contributed by atoms with Gasteiger partial charge < -0.3 is 20.8 Å². The molecule has 8 nitrogen and oxygen atoms in total. The van der Waals surface area contributed by atoms with Crippen LogP contribution in [-0.2, 0) is 14.4 Å². The Morgan fingerprint density at radius 2 is 1.66 bits per heavy atom. The van der Waals surface area contributed by atoms with Gasteiger partial charge in [-0.05, 0) is 31.2 Å². The van der Waals surface area contributed by atoms with Crippen molar-refractivity contribution in [3.05, 3.63) is 65.9 Å². The Morgan fingerprint density at radius 1 is 0.931 bits per heavy atom. The Bertz CT molecular complexity index is 963. The summed E-state index contributed by atoms with van der Waals surface area (Å²) < 4.78 is 31.5. The van der Waals surface area contributed by atoms with E-state index in [0.717, 1.165) is 18.2 Å². The summed E-state index contributed by atoms with van der Waals surface area (Å²) in [6.45, 7) is 1.43. The topological polar surface area (TPSA) is 109 Å². The number of benzene rings is 2. The van der Waals surface area contributed by atoms with Crippen molar-refractivity contribution in [3.8, 4) is 5.75 Å². The lowest BCUT2D eigenvalue weighted by Crippen LogP contribution is -2.43. The molecule has 0 unspecified atom stereocenters. The van der Waals surface area contributed by atoms with E-state index in [1.807, 2.05) is 0 Å². The van der Waals surface area contributed by atoms with Crippen LogP contribution in [0.1, 0.15) is 6.92 Å². The van der Waals surface area contributed by atoms with Crippen LogP contribution in [0.3, 0.4) is 0 Å². The van der Waals surface area contributed by atoms with Gasteiger partial charge in [-0.15, -0.1) is 0 Å². The maximum atomic E-state index is 13.5. The minimum atomic E-state index is -1.02. The number of anilines is 2. The van der Waals surface area contributed by atoms with Gasteiger partial charge in [-0.25, -0.2) is 8.78 Å². The molecule has 4 N–H and O–H groups in total. The zero-order valence-corrected chi connectivity index (χ0v) is 15.5. The predicted octanol–water partition coefficient (Wildman–Crippen LogP) is 2.08. The van der Waals surface area contributed by atoms with E-state index < -0.39 is 29.4 Å². The Hall–Kier alpha value is -3.95. The number of ether oxygens (including phenoxy) is 1. The lowest BCUT2D eigenvalue weighted by Gasteiger charge is -2.11. The van der Waals surface area contributed by atoms with Crippen LogP contribution in [-0.4, -0.2) is 24.8 Å². The molecule has 0 aliphatic heterocycles. The van der Waals surface area contributed by atoms with E-state index >= 15 is 0 Å². The number of allylic oxidation sites excluding steroid dienone is 1. The van der Waals surface area contributed by atoms with Crippen LogP contribution in [0.25, 0.3) is 0 Å². The highest BCUT2D eigenvalue weighted by Gasteiger charge is 2.15. The van der Waals surface area contributed by atoms with E-state index in [9.17, 15) is 23.2 Å². The van der Waals surface area contributed by atoms with Crippen molar-refractivity contribution < 1.29 is 27.9 Å². The van der Waals surface area contributed by atoms with Crippen molar-refractivity contribution in [2.75, 3.05) is 17.7 Å². The van der Waals surface area contributed by atoms with Crippen molar-refractivity contribution in [2.45, 2.75) is 6.92 Å². The standard InChI is InChI=1S/C19H18F2N4O4/c1-11(9-17(26)22-14-8-7-12(20)10-13(14)21)24-25-19(28)18(27)23-15-5-3-4-6-16(15)29-2/h3-10,24H,1-2H3,(H,22,26)(H,23,27)(H,25,28)/b11-9+. The maximum Gasteiger partial charge on any atom is 0.327 e. The first-order valence-corrected chi connectivity index (χ1v) is 8.25. The normalized spacial score (nSPS) is 10.7. The molecule has 0 radical (unpaired) electrons. The van der Waals surface area contributed by atoms with Gasteiger partial charge in [0.2, 0.25) is 5.91 Å². The minimum Gasteiger partial charge on any atom is -0.495 e. The molecule has 152 valence electrons. The molecule has 0 aliphatic rings. The van der Waals surface area contributed by atoms with Gasteiger partial charge in [0.1, 0.15) is 17.4 Å². The van der Waals surface area contributed by atoms with Crippen LogP contribution in [0.15, 0.2) is 54.2 Å². The van der Waals surface area contributed by atoms with E-state index in [2.05, 4.69) is 21.5 Å². The Morgan fingerprint density at radius 3 is 2.34 bits per heavy atom. The van der Waals surface area contributed by atoms with E-state index in [1.54, 1.807) is 24.3 Å². The van der Waals surface area contributed by atoms with Gasteiger partial charge in [0.25, 0.3) is 0 Å². The number of rotatable bonds is 6. The summed E-state index contributed by atoms with van der Waals surface area (Å²) >= 11 is 0. The largest absolute Gasteiger partial charge is 0.495 e. The molecule has 2 aromatic rings. The third kappa shape index (κ3) is 6.31. The van der Waals surface area contributed by atoms with E-state index in [-0.39, 0.29) is 11.4 Å². The Kier molecular flexibility index (Phi) is 7.24. The first kappa shape index (κ1) is 21.4. The summed E-state index contributed by atoms with van der Waals surface area (Å²) in [4.78, 5) is 35.7. The van der Waals surface area contributed by atoms with Gasteiger partial charge in [0, 0.05) is 17.8 Å². The fraction of sp³-hybridized carbons (Fsp3) is 0.105. The van der Waals surface area contributed by atoms with Gasteiger partial charge in [-0.3, -0.25) is 19.8 Å². The number of para-hydroxylation sites is 2. The van der Waals surface area contributed by atoms with Gasteiger partial charge in [0.05, 0.1) is 18.5 Å². The first-order valence-electron chi connectivity index (χ1n) is 8.25. The molecule has 29 heavy (non-hydrogen) atoms. The second-order valence-electron chi connectivity index (χ2n) is 5.67. The number of nitrogens with one attached hydrogen (secondary N) is 4. The van der Waals surface area contributed by atoms with Gasteiger partial charge in [0.15, 0.2) is 0 Å². The SMILES string of the molecule is COc1ccccc1NC(=O)C(=O)NN/C(C)=C/C(=O)Nc1ccc(F)cc1F. The molecule has 0 heterocycles. The summed E-state index contributed by atoms with van der Waals surface area (Å²) in [5.41, 5.74) is 4.74. The average molecular weight is 404 g/mol. The summed E-state index contributed by atoms with van der Waals surface area (Å²) in [6, 6.07) is 9.22. The number of carbonyl (C=O) groups excluding carboxylic acids is 3. The van der Waals surface area contributed by atoms with Crippen molar-refractivity contribution in [3.63, 3.8) is 0 Å². The van der Waals surface area contributed by atoms with Gasteiger partial charge in [-0.1, -0.05) is 12.1 Å². The van der Waals surface area contributed by atoms with E-state index in [1.165, 1.54) is 14.0 Å². The first-order chi connectivity index (χ1) is 13.8. The van der Waals surface area contributed by atoms with Crippen LogP contribution in [0, 0.1) is 11.6 Å². The molecule has 0 saturated carbocycles. The number of halogens is 2. The second-order valence-corrected chi connectivity index (χ2v) is 5.67. The smallest absolute Gasteiger partial charge is 0.327 e. The molecule has 2 rings (SSSR count). The van der Waals surface area contributed by atoms with Crippen LogP contribution >= 0.6 is 0 Å². The average Bonchev–Trinajstić information content (AvgIpc) is 2.68. The molecule has 2 aromatic carbocycles. The lowest BCUT2D eigenvalue weighted by atomic mass is 10.3. The van der Waals surface area contributed by atoms with Crippen LogP contribution in [0.4, 0.5) is 20.2 Å². The summed E-state index contributed by atoms with van der Waals surface area (Å²) in [6.07, 6.45) is 1.02. The van der Waals surface area contributed by atoms with Crippen molar-refractivity contribution in [2.24, 2.45) is 0 Å². The van der Waals surface area contributed by atoms with Gasteiger partial charge >= 0.3 is 11.8 Å². The molecule has 0 fully saturated rings. The molecule has 10 heteroatoms. The second kappa shape index (κ2) is 9.83. The number of amides is 3. The molecule has 0 spiro atoms. The highest BCUT2D eigenvalue weighted by molar-refractivity contribution is 6.39. The third-order valence-corrected chi connectivity index (χ3v) is 3.47. The zero-order chi connectivity index (χ0) is 21.4. The number of carbonyl (C=O) groups is 3. The highest BCUT2D eigenvalue weighted by Crippen LogP contribution is 2.22. The molecule has 0 atom stereocenters. The monoisotopic (exact) mass is 404 g/mol. The van der Waals surface area contributed by atoms with E-state index in [4.69, 9.17) is 4.74 Å². The highest BCUT2D eigenvalue weighted by atomic mass is 19.1. The molecular weight excluding hydrogens is 386 g/mol. The van der Waals surface area contributed by atoms with Crippen molar-refractivity contribution >= 4 is 29.1 Å². The lowest BCUT2D eigenvalue weighted by molar-refractivity contribution is -0.136. The van der Waals surface area contributed by atoms with E-state index in [0.29, 0.717) is 17.5 Å². The number of hydrogen-bond donors (Lipinski definition) is 4. The molecule has 0 aromatic heterocycles. The summed E-state index contributed by atoms with van der Waals surface area (Å²) in [5.74, 6) is -4.04. The fourth-order valence-electron chi connectivity index (χ4n) is 2.13. The van der Waals surface area contributed by atoms with Crippen LogP contribution in [0.2, 0.25) is 0 Å². The van der Waals surface area contributed by atoms with Crippen LogP contribution in [0.5, 0.6) is 5.75 Å². The maximum absolute atomic E-state index is 13.5. The molecule has 0 aliphatic carbocycles. The molecular formula is C19H18F2N4O4. The summed E-state index contributed by atoms with van der Waals surface area (Å²) in [7, 11) is 1.42. The fourth-order valence-corrected chi connectivity index (χ4v) is 2.13. The Labute approximate surface area is 164 Å². The van der Waals surface area contributed by atoms with Crippen molar-refractivity contribution in [1.29, 1.82) is 0 Å². The molecule has 3 amide bonds.